The highest BCUT2D eigenvalue weighted by atomic mass is 16.6. The second-order valence-electron chi connectivity index (χ2n) is 4.70. The second-order valence-corrected chi connectivity index (χ2v) is 4.70. The number of amidine groups is 1. The van der Waals surface area contributed by atoms with E-state index < -0.39 is 17.7 Å². The highest BCUT2D eigenvalue weighted by Gasteiger charge is 2.19. The zero-order chi connectivity index (χ0) is 14.9. The van der Waals surface area contributed by atoms with Crippen LogP contribution in [0.4, 0.5) is 4.79 Å². The average Bonchev–Trinajstić information content (AvgIpc) is 2.10. The molecule has 0 aromatic heterocycles. The predicted octanol–water partition coefficient (Wildman–Crippen LogP) is 1.27. The van der Waals surface area contributed by atoms with Crippen LogP contribution in [0.25, 0.3) is 0 Å². The first-order chi connectivity index (χ1) is 7.95. The number of ether oxygens (including phenoxy) is 1. The number of carbonyl (C=O) groups excluding carboxylic acids is 1. The zero-order valence-electron chi connectivity index (χ0n) is 11.6. The quantitative estimate of drug-likeness (QED) is 0.522. The molecule has 0 aliphatic heterocycles. The van der Waals surface area contributed by atoms with E-state index in [-0.39, 0.29) is 5.84 Å². The van der Waals surface area contributed by atoms with Crippen LogP contribution in [0.2, 0.25) is 0 Å². The van der Waals surface area contributed by atoms with Crippen molar-refractivity contribution in [2.45, 2.75) is 39.7 Å². The van der Waals surface area contributed by atoms with Crippen molar-refractivity contribution in [3.63, 3.8) is 0 Å². The van der Waals surface area contributed by atoms with E-state index in [0.717, 1.165) is 6.92 Å². The summed E-state index contributed by atoms with van der Waals surface area (Å²) < 4.78 is 5.11. The SMILES string of the molecule is CC(=O)O.CN(CCC(=N)N)C(=O)OC(C)(C)C. The van der Waals surface area contributed by atoms with Gasteiger partial charge in [0.05, 0.1) is 5.84 Å². The minimum Gasteiger partial charge on any atom is -0.481 e. The van der Waals surface area contributed by atoms with Crippen LogP contribution in [0.15, 0.2) is 0 Å². The maximum atomic E-state index is 11.4. The molecular weight excluding hydrogens is 238 g/mol. The van der Waals surface area contributed by atoms with E-state index in [1.165, 1.54) is 4.90 Å². The van der Waals surface area contributed by atoms with Crippen LogP contribution in [0.5, 0.6) is 0 Å². The first-order valence-electron chi connectivity index (χ1n) is 5.42. The smallest absolute Gasteiger partial charge is 0.410 e. The van der Waals surface area contributed by atoms with Crippen LogP contribution in [-0.2, 0) is 9.53 Å². The Balaban J connectivity index is 0. The Hall–Kier alpha value is -1.79. The van der Waals surface area contributed by atoms with Gasteiger partial charge in [0.2, 0.25) is 0 Å². The van der Waals surface area contributed by atoms with Crippen LogP contribution in [0.1, 0.15) is 34.1 Å². The molecule has 0 aliphatic carbocycles. The van der Waals surface area contributed by atoms with E-state index in [4.69, 9.17) is 25.8 Å². The number of carboxylic acid groups (broad SMARTS) is 1. The predicted molar refractivity (Wildman–Crippen MR) is 68.7 cm³/mol. The number of hydrogen-bond donors (Lipinski definition) is 3. The standard InChI is InChI=1S/C9H19N3O2.C2H4O2/c1-9(2,3)14-8(13)12(4)6-5-7(10)11;1-2(3)4/h5-6H2,1-4H3,(H3,10,11);1H3,(H,3,4). The molecule has 7 heteroatoms. The van der Waals surface area contributed by atoms with Crippen molar-refractivity contribution >= 4 is 17.9 Å². The zero-order valence-corrected chi connectivity index (χ0v) is 11.6. The molecule has 0 fully saturated rings. The van der Waals surface area contributed by atoms with Gasteiger partial charge in [0.1, 0.15) is 5.60 Å². The van der Waals surface area contributed by atoms with Gasteiger partial charge in [-0.1, -0.05) is 0 Å². The van der Waals surface area contributed by atoms with Gasteiger partial charge in [0, 0.05) is 26.9 Å². The lowest BCUT2D eigenvalue weighted by Crippen LogP contribution is -2.35. The molecule has 4 N–H and O–H groups in total. The highest BCUT2D eigenvalue weighted by molar-refractivity contribution is 5.77. The Kier molecular flexibility index (Phi) is 8.59. The molecule has 0 saturated heterocycles. The van der Waals surface area contributed by atoms with E-state index in [1.54, 1.807) is 7.05 Å². The van der Waals surface area contributed by atoms with Crippen LogP contribution in [0.3, 0.4) is 0 Å². The molecule has 106 valence electrons. The van der Waals surface area contributed by atoms with Gasteiger partial charge in [-0.2, -0.15) is 0 Å². The van der Waals surface area contributed by atoms with Crippen LogP contribution in [0, 0.1) is 5.41 Å². The maximum absolute atomic E-state index is 11.4. The number of rotatable bonds is 3. The number of amides is 1. The van der Waals surface area contributed by atoms with Gasteiger partial charge in [-0.3, -0.25) is 10.2 Å². The molecule has 0 saturated carbocycles. The highest BCUT2D eigenvalue weighted by Crippen LogP contribution is 2.08. The van der Waals surface area contributed by atoms with Crippen LogP contribution < -0.4 is 5.73 Å². The van der Waals surface area contributed by atoms with E-state index in [1.807, 2.05) is 20.8 Å². The van der Waals surface area contributed by atoms with E-state index in [0.29, 0.717) is 13.0 Å². The van der Waals surface area contributed by atoms with Crippen molar-refractivity contribution in [2.24, 2.45) is 5.73 Å². The van der Waals surface area contributed by atoms with Crippen molar-refractivity contribution in [3.05, 3.63) is 0 Å². The third-order valence-electron chi connectivity index (χ3n) is 1.42. The summed E-state index contributed by atoms with van der Waals surface area (Å²) in [5, 5.41) is 14.4. The van der Waals surface area contributed by atoms with Gasteiger partial charge < -0.3 is 20.5 Å². The molecule has 0 spiro atoms. The normalized spacial score (nSPS) is 9.83. The van der Waals surface area contributed by atoms with E-state index >= 15 is 0 Å². The number of nitrogens with zero attached hydrogens (tertiary/aromatic N) is 1. The van der Waals surface area contributed by atoms with E-state index in [2.05, 4.69) is 0 Å². The monoisotopic (exact) mass is 261 g/mol. The Labute approximate surface area is 107 Å². The number of nitrogens with one attached hydrogen (secondary N) is 1. The van der Waals surface area contributed by atoms with Gasteiger partial charge in [0.25, 0.3) is 5.97 Å². The fraction of sp³-hybridized carbons (Fsp3) is 0.727. The first kappa shape index (κ1) is 18.6. The minimum atomic E-state index is -0.833. The summed E-state index contributed by atoms with van der Waals surface area (Å²) in [5.41, 5.74) is 4.69. The van der Waals surface area contributed by atoms with Gasteiger partial charge in [-0.15, -0.1) is 0 Å². The van der Waals surface area contributed by atoms with Gasteiger partial charge >= 0.3 is 6.09 Å². The summed E-state index contributed by atoms with van der Waals surface area (Å²) in [7, 11) is 1.62. The molecule has 0 atom stereocenters. The fourth-order valence-electron chi connectivity index (χ4n) is 0.719. The van der Waals surface area contributed by atoms with Gasteiger partial charge in [0.15, 0.2) is 0 Å². The molecule has 0 rings (SSSR count). The third-order valence-corrected chi connectivity index (χ3v) is 1.42. The molecule has 0 aliphatic rings. The Morgan fingerprint density at radius 3 is 2.06 bits per heavy atom. The lowest BCUT2D eigenvalue weighted by molar-refractivity contribution is -0.134. The van der Waals surface area contributed by atoms with Crippen molar-refractivity contribution in [1.29, 1.82) is 5.41 Å². The first-order valence-corrected chi connectivity index (χ1v) is 5.42. The number of carboxylic acids is 1. The maximum Gasteiger partial charge on any atom is 0.410 e. The van der Waals surface area contributed by atoms with Crippen molar-refractivity contribution in [1.82, 2.24) is 4.90 Å². The Bertz CT molecular complexity index is 293. The molecule has 1 amide bonds. The van der Waals surface area contributed by atoms with Crippen LogP contribution >= 0.6 is 0 Å². The average molecular weight is 261 g/mol. The topological polar surface area (TPSA) is 117 Å². The number of hydrogen-bond acceptors (Lipinski definition) is 4. The number of carbonyl (C=O) groups is 2. The lowest BCUT2D eigenvalue weighted by Gasteiger charge is -2.24. The summed E-state index contributed by atoms with van der Waals surface area (Å²) >= 11 is 0. The van der Waals surface area contributed by atoms with Crippen molar-refractivity contribution in [2.75, 3.05) is 13.6 Å². The molecular formula is C11H23N3O4. The molecule has 0 heterocycles. The number of aliphatic carboxylic acids is 1. The molecule has 0 aromatic rings. The van der Waals surface area contributed by atoms with Gasteiger partial charge in [-0.25, -0.2) is 4.79 Å². The second kappa shape index (κ2) is 8.32. The Morgan fingerprint density at radius 2 is 1.78 bits per heavy atom. The molecule has 18 heavy (non-hydrogen) atoms. The summed E-state index contributed by atoms with van der Waals surface area (Å²) in [4.78, 5) is 21.8. The fourth-order valence-corrected chi connectivity index (χ4v) is 0.719. The lowest BCUT2D eigenvalue weighted by atomic mass is 10.2. The molecule has 0 aromatic carbocycles. The molecule has 0 unspecified atom stereocenters. The summed E-state index contributed by atoms with van der Waals surface area (Å²) in [5.74, 6) is -0.764. The largest absolute Gasteiger partial charge is 0.481 e. The van der Waals surface area contributed by atoms with Gasteiger partial charge in [-0.05, 0) is 20.8 Å². The van der Waals surface area contributed by atoms with Crippen LogP contribution in [-0.4, -0.2) is 47.1 Å². The molecule has 0 bridgehead atoms. The Morgan fingerprint density at radius 1 is 1.39 bits per heavy atom. The summed E-state index contributed by atoms with van der Waals surface area (Å²) in [6.07, 6.45) is -0.0193. The number of nitrogens with two attached hydrogens (primary N) is 1. The van der Waals surface area contributed by atoms with Crippen molar-refractivity contribution in [3.8, 4) is 0 Å². The van der Waals surface area contributed by atoms with Crippen molar-refractivity contribution < 1.29 is 19.4 Å². The summed E-state index contributed by atoms with van der Waals surface area (Å²) in [6, 6.07) is 0. The molecule has 7 nitrogen and oxygen atoms in total. The third kappa shape index (κ3) is 16.6. The molecule has 0 radical (unpaired) electrons. The van der Waals surface area contributed by atoms with E-state index in [9.17, 15) is 4.79 Å². The minimum absolute atomic E-state index is 0.0698. The summed E-state index contributed by atoms with van der Waals surface area (Å²) in [6.45, 7) is 6.92.